The molecule has 0 radical (unpaired) electrons. The monoisotopic (exact) mass is 174 g/mol. The van der Waals surface area contributed by atoms with Gasteiger partial charge < -0.3 is 18.9 Å². The van der Waals surface area contributed by atoms with Gasteiger partial charge in [0.15, 0.2) is 6.29 Å². The van der Waals surface area contributed by atoms with E-state index >= 15 is 0 Å². The third-order valence-electron chi connectivity index (χ3n) is 1.30. The van der Waals surface area contributed by atoms with E-state index < -0.39 is 0 Å². The molecule has 1 rings (SSSR count). The van der Waals surface area contributed by atoms with Crippen molar-refractivity contribution in [2.75, 3.05) is 33.0 Å². The molecule has 0 N–H and O–H groups in total. The predicted octanol–water partition coefficient (Wildman–Crippen LogP) is 0.536. The van der Waals surface area contributed by atoms with Crippen LogP contribution in [0, 0.1) is 0 Å². The first-order chi connectivity index (χ1) is 5.93. The topological polar surface area (TPSA) is 40.2 Å². The summed E-state index contributed by atoms with van der Waals surface area (Å²) in [6.07, 6.45) is 1.43. The lowest BCUT2D eigenvalue weighted by Gasteiger charge is -2.03. The van der Waals surface area contributed by atoms with Crippen molar-refractivity contribution < 1.29 is 18.9 Å². The van der Waals surface area contributed by atoms with Gasteiger partial charge in [-0.25, -0.2) is 0 Å². The summed E-state index contributed by atoms with van der Waals surface area (Å²) in [5.74, 6) is 0. The summed E-state index contributed by atoms with van der Waals surface area (Å²) in [5, 5.41) is 0. The standard InChI is InChI=1S/C8H14O4/c1-2-9-3-4-10-5-6-11-8-7-12-8/h2,8H,1,3-7H2. The van der Waals surface area contributed by atoms with Gasteiger partial charge in [-0.3, -0.25) is 0 Å². The predicted molar refractivity (Wildman–Crippen MR) is 42.7 cm³/mol. The highest BCUT2D eigenvalue weighted by Crippen LogP contribution is 2.09. The van der Waals surface area contributed by atoms with Crippen LogP contribution in [0.5, 0.6) is 0 Å². The van der Waals surface area contributed by atoms with Crippen LogP contribution in [-0.4, -0.2) is 39.3 Å². The minimum absolute atomic E-state index is 0.0259. The molecule has 1 heterocycles. The Bertz CT molecular complexity index is 122. The van der Waals surface area contributed by atoms with E-state index in [-0.39, 0.29) is 6.29 Å². The molecule has 1 aliphatic heterocycles. The van der Waals surface area contributed by atoms with Gasteiger partial charge >= 0.3 is 0 Å². The summed E-state index contributed by atoms with van der Waals surface area (Å²) < 4.78 is 20.0. The zero-order valence-electron chi connectivity index (χ0n) is 7.03. The fraction of sp³-hybridized carbons (Fsp3) is 0.750. The SMILES string of the molecule is C=COCCOCCOC1CO1. The van der Waals surface area contributed by atoms with Crippen LogP contribution in [-0.2, 0) is 18.9 Å². The maximum atomic E-state index is 5.16. The minimum atomic E-state index is 0.0259. The first-order valence-electron chi connectivity index (χ1n) is 3.97. The normalized spacial score (nSPS) is 20.5. The number of hydrogen-bond donors (Lipinski definition) is 0. The van der Waals surface area contributed by atoms with Crippen molar-refractivity contribution in [2.24, 2.45) is 0 Å². The highest BCUT2D eigenvalue weighted by molar-refractivity contribution is 4.54. The highest BCUT2D eigenvalue weighted by Gasteiger charge is 2.22. The molecule has 0 aromatic rings. The van der Waals surface area contributed by atoms with Crippen molar-refractivity contribution in [3.63, 3.8) is 0 Å². The van der Waals surface area contributed by atoms with E-state index in [2.05, 4.69) is 6.58 Å². The Morgan fingerprint density at radius 2 is 2.08 bits per heavy atom. The van der Waals surface area contributed by atoms with E-state index in [9.17, 15) is 0 Å². The van der Waals surface area contributed by atoms with Crippen LogP contribution >= 0.6 is 0 Å². The van der Waals surface area contributed by atoms with Crippen molar-refractivity contribution in [2.45, 2.75) is 6.29 Å². The van der Waals surface area contributed by atoms with Gasteiger partial charge in [-0.2, -0.15) is 0 Å². The zero-order valence-corrected chi connectivity index (χ0v) is 7.03. The zero-order chi connectivity index (χ0) is 8.65. The molecular weight excluding hydrogens is 160 g/mol. The second-order valence-electron chi connectivity index (χ2n) is 2.28. The van der Waals surface area contributed by atoms with E-state index in [0.717, 1.165) is 6.61 Å². The summed E-state index contributed by atoms with van der Waals surface area (Å²) >= 11 is 0. The molecule has 0 amide bonds. The van der Waals surface area contributed by atoms with Crippen molar-refractivity contribution in [1.29, 1.82) is 0 Å². The average molecular weight is 174 g/mol. The number of epoxide rings is 1. The summed E-state index contributed by atoms with van der Waals surface area (Å²) in [7, 11) is 0. The van der Waals surface area contributed by atoms with Crippen LogP contribution in [0.2, 0.25) is 0 Å². The Balaban J connectivity index is 1.67. The largest absolute Gasteiger partial charge is 0.499 e. The molecule has 12 heavy (non-hydrogen) atoms. The van der Waals surface area contributed by atoms with Crippen molar-refractivity contribution in [3.05, 3.63) is 12.8 Å². The lowest BCUT2D eigenvalue weighted by molar-refractivity contribution is -0.00307. The quantitative estimate of drug-likeness (QED) is 0.306. The van der Waals surface area contributed by atoms with Crippen LogP contribution in [0.25, 0.3) is 0 Å². The van der Waals surface area contributed by atoms with Gasteiger partial charge in [-0.15, -0.1) is 0 Å². The van der Waals surface area contributed by atoms with Crippen LogP contribution in [0.1, 0.15) is 0 Å². The van der Waals surface area contributed by atoms with Gasteiger partial charge in [0.05, 0.1) is 26.1 Å². The molecule has 0 spiro atoms. The Kier molecular flexibility index (Phi) is 4.75. The van der Waals surface area contributed by atoms with Gasteiger partial charge in [0.2, 0.25) is 0 Å². The van der Waals surface area contributed by atoms with Crippen molar-refractivity contribution in [1.82, 2.24) is 0 Å². The Morgan fingerprint density at radius 1 is 1.33 bits per heavy atom. The first kappa shape index (κ1) is 9.51. The van der Waals surface area contributed by atoms with Crippen molar-refractivity contribution >= 4 is 0 Å². The molecule has 70 valence electrons. The highest BCUT2D eigenvalue weighted by atomic mass is 16.8. The average Bonchev–Trinajstić information content (AvgIpc) is 2.87. The summed E-state index contributed by atoms with van der Waals surface area (Å²) in [5.41, 5.74) is 0. The molecule has 0 bridgehead atoms. The Morgan fingerprint density at radius 3 is 2.75 bits per heavy atom. The van der Waals surface area contributed by atoms with Gasteiger partial charge in [0, 0.05) is 0 Å². The van der Waals surface area contributed by atoms with E-state index in [1.165, 1.54) is 6.26 Å². The molecule has 0 saturated carbocycles. The lowest BCUT2D eigenvalue weighted by Crippen LogP contribution is -2.09. The molecule has 0 aliphatic carbocycles. The second kappa shape index (κ2) is 5.99. The van der Waals surface area contributed by atoms with E-state index in [4.69, 9.17) is 18.9 Å². The molecule has 1 fully saturated rings. The van der Waals surface area contributed by atoms with Crippen LogP contribution in [0.3, 0.4) is 0 Å². The second-order valence-corrected chi connectivity index (χ2v) is 2.28. The fourth-order valence-electron chi connectivity index (χ4n) is 0.666. The minimum Gasteiger partial charge on any atom is -0.499 e. The number of ether oxygens (including phenoxy) is 4. The summed E-state index contributed by atoms with van der Waals surface area (Å²) in [6.45, 7) is 6.41. The summed E-state index contributed by atoms with van der Waals surface area (Å²) in [4.78, 5) is 0. The van der Waals surface area contributed by atoms with Crippen LogP contribution in [0.4, 0.5) is 0 Å². The number of hydrogen-bond acceptors (Lipinski definition) is 4. The smallest absolute Gasteiger partial charge is 0.181 e. The Labute approximate surface area is 72.1 Å². The van der Waals surface area contributed by atoms with Crippen LogP contribution in [0.15, 0.2) is 12.8 Å². The van der Waals surface area contributed by atoms with Gasteiger partial charge in [-0.05, 0) is 0 Å². The molecular formula is C8H14O4. The molecule has 4 heteroatoms. The summed E-state index contributed by atoms with van der Waals surface area (Å²) in [6, 6.07) is 0. The molecule has 1 saturated heterocycles. The van der Waals surface area contributed by atoms with Gasteiger partial charge in [0.25, 0.3) is 0 Å². The first-order valence-corrected chi connectivity index (χ1v) is 3.97. The Hall–Kier alpha value is -0.580. The molecule has 0 aromatic heterocycles. The van der Waals surface area contributed by atoms with Crippen LogP contribution < -0.4 is 0 Å². The third-order valence-corrected chi connectivity index (χ3v) is 1.30. The van der Waals surface area contributed by atoms with Gasteiger partial charge in [-0.1, -0.05) is 6.58 Å². The molecule has 1 aliphatic rings. The molecule has 4 nitrogen and oxygen atoms in total. The fourth-order valence-corrected chi connectivity index (χ4v) is 0.666. The van der Waals surface area contributed by atoms with E-state index in [1.807, 2.05) is 0 Å². The molecule has 1 atom stereocenters. The lowest BCUT2D eigenvalue weighted by atomic mass is 10.7. The van der Waals surface area contributed by atoms with Crippen molar-refractivity contribution in [3.8, 4) is 0 Å². The molecule has 1 unspecified atom stereocenters. The maximum absolute atomic E-state index is 5.16. The third kappa shape index (κ3) is 5.12. The molecule has 0 aromatic carbocycles. The van der Waals surface area contributed by atoms with E-state index in [1.54, 1.807) is 0 Å². The van der Waals surface area contributed by atoms with E-state index in [0.29, 0.717) is 26.4 Å². The maximum Gasteiger partial charge on any atom is 0.181 e. The van der Waals surface area contributed by atoms with Gasteiger partial charge in [0.1, 0.15) is 13.2 Å². The number of rotatable bonds is 8.